The number of amides is 2. The van der Waals surface area contributed by atoms with Gasteiger partial charge in [-0.25, -0.2) is 0 Å². The number of hydrogen-bond donors (Lipinski definition) is 2. The van der Waals surface area contributed by atoms with Gasteiger partial charge in [-0.15, -0.1) is 0 Å². The fourth-order valence-corrected chi connectivity index (χ4v) is 5.09. The van der Waals surface area contributed by atoms with Crippen molar-refractivity contribution in [2.75, 3.05) is 51.3 Å². The third kappa shape index (κ3) is 5.57. The Labute approximate surface area is 185 Å². The summed E-state index contributed by atoms with van der Waals surface area (Å²) in [5.41, 5.74) is 3.84. The van der Waals surface area contributed by atoms with E-state index in [1.165, 1.54) is 29.7 Å². The number of hydrogen-bond acceptors (Lipinski definition) is 5. The molecule has 2 heterocycles. The maximum absolute atomic E-state index is 12.6. The molecule has 170 valence electrons. The monoisotopic (exact) mass is 428 g/mol. The molecule has 3 aliphatic rings. The van der Waals surface area contributed by atoms with Crippen LogP contribution < -0.4 is 15.5 Å². The standard InChI is InChI=1S/C24H36N4O3/c1-27-11-10-19-16-18(8-9-21(19)27)22(28-12-14-31-15-13-28)17-25-23(29)24(30)26-20-6-4-2-3-5-7-20/h8-9,16,20,22H,2-7,10-15,17H2,1H3,(H,25,29)(H,26,30)/t22-/m0/s1. The van der Waals surface area contributed by atoms with Crippen LogP contribution in [-0.4, -0.2) is 69.2 Å². The maximum Gasteiger partial charge on any atom is 0.309 e. The summed E-state index contributed by atoms with van der Waals surface area (Å²) in [7, 11) is 2.12. The van der Waals surface area contributed by atoms with Crippen molar-refractivity contribution in [2.24, 2.45) is 0 Å². The number of nitrogens with zero attached hydrogens (tertiary/aromatic N) is 2. The van der Waals surface area contributed by atoms with Gasteiger partial charge in [0.05, 0.1) is 19.3 Å². The summed E-state index contributed by atoms with van der Waals surface area (Å²) < 4.78 is 5.53. The molecule has 1 atom stereocenters. The zero-order valence-corrected chi connectivity index (χ0v) is 18.7. The molecule has 2 fully saturated rings. The van der Waals surface area contributed by atoms with E-state index >= 15 is 0 Å². The van der Waals surface area contributed by atoms with Crippen LogP contribution in [-0.2, 0) is 20.7 Å². The van der Waals surface area contributed by atoms with Crippen LogP contribution in [0.2, 0.25) is 0 Å². The number of likely N-dealkylation sites (N-methyl/N-ethyl adjacent to an activating group) is 1. The lowest BCUT2D eigenvalue weighted by Crippen LogP contribution is -2.48. The summed E-state index contributed by atoms with van der Waals surface area (Å²) in [5.74, 6) is -1.02. The van der Waals surface area contributed by atoms with Crippen molar-refractivity contribution >= 4 is 17.5 Å². The van der Waals surface area contributed by atoms with Gasteiger partial charge in [-0.1, -0.05) is 37.8 Å². The largest absolute Gasteiger partial charge is 0.379 e. The Morgan fingerprint density at radius 3 is 2.55 bits per heavy atom. The fraction of sp³-hybridized carbons (Fsp3) is 0.667. The Balaban J connectivity index is 1.40. The van der Waals surface area contributed by atoms with Crippen LogP contribution in [0.1, 0.15) is 55.7 Å². The zero-order chi connectivity index (χ0) is 21.6. The minimum atomic E-state index is -0.525. The van der Waals surface area contributed by atoms with E-state index in [-0.39, 0.29) is 12.1 Å². The van der Waals surface area contributed by atoms with E-state index in [4.69, 9.17) is 4.74 Å². The van der Waals surface area contributed by atoms with Gasteiger partial charge in [-0.3, -0.25) is 14.5 Å². The van der Waals surface area contributed by atoms with E-state index in [0.29, 0.717) is 19.8 Å². The van der Waals surface area contributed by atoms with Gasteiger partial charge in [0.1, 0.15) is 0 Å². The molecule has 7 heteroatoms. The van der Waals surface area contributed by atoms with Crippen LogP contribution in [0.5, 0.6) is 0 Å². The highest BCUT2D eigenvalue weighted by atomic mass is 16.5. The highest BCUT2D eigenvalue weighted by molar-refractivity contribution is 6.35. The molecule has 0 unspecified atom stereocenters. The smallest absolute Gasteiger partial charge is 0.309 e. The zero-order valence-electron chi connectivity index (χ0n) is 18.7. The van der Waals surface area contributed by atoms with Crippen LogP contribution in [0.3, 0.4) is 0 Å². The summed E-state index contributed by atoms with van der Waals surface area (Å²) in [6.45, 7) is 4.50. The molecular weight excluding hydrogens is 392 g/mol. The molecule has 4 rings (SSSR count). The molecule has 2 N–H and O–H groups in total. The number of anilines is 1. The van der Waals surface area contributed by atoms with Gasteiger partial charge < -0.3 is 20.3 Å². The van der Waals surface area contributed by atoms with E-state index in [1.54, 1.807) is 0 Å². The predicted molar refractivity (Wildman–Crippen MR) is 121 cm³/mol. The van der Waals surface area contributed by atoms with E-state index in [9.17, 15) is 9.59 Å². The normalized spacial score (nSPS) is 21.3. The molecule has 0 bridgehead atoms. The molecule has 0 spiro atoms. The minimum absolute atomic E-state index is 0.0368. The average molecular weight is 429 g/mol. The first-order valence-electron chi connectivity index (χ1n) is 11.9. The number of rotatable bonds is 5. The van der Waals surface area contributed by atoms with Gasteiger partial charge in [-0.05, 0) is 36.5 Å². The van der Waals surface area contributed by atoms with Crippen LogP contribution in [0.4, 0.5) is 5.69 Å². The molecule has 0 aromatic heterocycles. The van der Waals surface area contributed by atoms with Crippen LogP contribution in [0, 0.1) is 0 Å². The molecule has 7 nitrogen and oxygen atoms in total. The molecule has 1 saturated carbocycles. The topological polar surface area (TPSA) is 73.9 Å². The Kier molecular flexibility index (Phi) is 7.45. The molecule has 31 heavy (non-hydrogen) atoms. The summed E-state index contributed by atoms with van der Waals surface area (Å²) in [6.07, 6.45) is 7.68. The summed E-state index contributed by atoms with van der Waals surface area (Å²) in [4.78, 5) is 29.7. The molecule has 2 amide bonds. The first kappa shape index (κ1) is 22.1. The Morgan fingerprint density at radius 1 is 1.06 bits per heavy atom. The molecule has 1 aliphatic carbocycles. The van der Waals surface area contributed by atoms with Gasteiger partial charge in [0, 0.05) is 45.0 Å². The predicted octanol–water partition coefficient (Wildman–Crippen LogP) is 2.01. The Hall–Kier alpha value is -2.12. The Morgan fingerprint density at radius 2 is 1.81 bits per heavy atom. The second-order valence-electron chi connectivity index (χ2n) is 9.10. The summed E-state index contributed by atoms with van der Waals surface area (Å²) in [6, 6.07) is 6.79. The van der Waals surface area contributed by atoms with Gasteiger partial charge in [-0.2, -0.15) is 0 Å². The van der Waals surface area contributed by atoms with Crippen molar-refractivity contribution in [1.29, 1.82) is 0 Å². The lowest BCUT2D eigenvalue weighted by molar-refractivity contribution is -0.139. The summed E-state index contributed by atoms with van der Waals surface area (Å²) in [5, 5.41) is 5.87. The van der Waals surface area contributed by atoms with E-state index in [1.807, 2.05) is 0 Å². The second kappa shape index (κ2) is 10.5. The number of carbonyl (C=O) groups excluding carboxylic acids is 2. The average Bonchev–Trinajstić information content (AvgIpc) is 2.98. The third-order valence-corrected chi connectivity index (χ3v) is 6.96. The second-order valence-corrected chi connectivity index (χ2v) is 9.10. The summed E-state index contributed by atoms with van der Waals surface area (Å²) >= 11 is 0. The van der Waals surface area contributed by atoms with Gasteiger partial charge in [0.25, 0.3) is 0 Å². The molecule has 2 aliphatic heterocycles. The quantitative estimate of drug-likeness (QED) is 0.554. The van der Waals surface area contributed by atoms with Gasteiger partial charge in [0.15, 0.2) is 0 Å². The van der Waals surface area contributed by atoms with Crippen molar-refractivity contribution in [3.05, 3.63) is 29.3 Å². The molecule has 1 aromatic rings. The van der Waals surface area contributed by atoms with E-state index < -0.39 is 11.8 Å². The van der Waals surface area contributed by atoms with Crippen molar-refractivity contribution in [3.8, 4) is 0 Å². The molecule has 0 radical (unpaired) electrons. The highest BCUT2D eigenvalue weighted by Crippen LogP contribution is 2.31. The first-order chi connectivity index (χ1) is 15.1. The van der Waals surface area contributed by atoms with Crippen LogP contribution >= 0.6 is 0 Å². The maximum atomic E-state index is 12.6. The Bertz CT molecular complexity index is 770. The van der Waals surface area contributed by atoms with E-state index in [0.717, 1.165) is 51.7 Å². The first-order valence-corrected chi connectivity index (χ1v) is 11.9. The fourth-order valence-electron chi connectivity index (χ4n) is 5.09. The van der Waals surface area contributed by atoms with Crippen LogP contribution in [0.15, 0.2) is 18.2 Å². The number of fused-ring (bicyclic) bond motifs is 1. The third-order valence-electron chi connectivity index (χ3n) is 6.96. The number of carbonyl (C=O) groups is 2. The van der Waals surface area contributed by atoms with Crippen molar-refractivity contribution in [3.63, 3.8) is 0 Å². The van der Waals surface area contributed by atoms with Crippen molar-refractivity contribution < 1.29 is 14.3 Å². The molecule has 1 saturated heterocycles. The van der Waals surface area contributed by atoms with Crippen molar-refractivity contribution in [1.82, 2.24) is 15.5 Å². The van der Waals surface area contributed by atoms with E-state index in [2.05, 4.69) is 45.7 Å². The lowest BCUT2D eigenvalue weighted by atomic mass is 10.0. The van der Waals surface area contributed by atoms with Crippen LogP contribution in [0.25, 0.3) is 0 Å². The van der Waals surface area contributed by atoms with Crippen molar-refractivity contribution in [2.45, 2.75) is 57.0 Å². The van der Waals surface area contributed by atoms with Gasteiger partial charge in [0.2, 0.25) is 0 Å². The number of benzene rings is 1. The highest BCUT2D eigenvalue weighted by Gasteiger charge is 2.27. The number of ether oxygens (including phenoxy) is 1. The molecular formula is C24H36N4O3. The van der Waals surface area contributed by atoms with Gasteiger partial charge >= 0.3 is 11.8 Å². The SMILES string of the molecule is CN1CCc2cc([C@H](CNC(=O)C(=O)NC3CCCCCC3)N3CCOCC3)ccc21. The minimum Gasteiger partial charge on any atom is -0.379 e. The number of nitrogens with one attached hydrogen (secondary N) is 2. The molecule has 1 aromatic carbocycles. The lowest BCUT2D eigenvalue weighted by Gasteiger charge is -2.35. The number of morpholine rings is 1.